The second kappa shape index (κ2) is 7.79. The molecule has 0 atom stereocenters. The molecule has 2 N–H and O–H groups in total. The molecule has 0 aliphatic rings. The van der Waals surface area contributed by atoms with Gasteiger partial charge in [-0.25, -0.2) is 9.97 Å². The normalized spacial score (nSPS) is 10.5. The van der Waals surface area contributed by atoms with E-state index in [1.54, 1.807) is 6.07 Å². The SMILES string of the molecule is OCCOCCNc1cc(Cl)nc(-c2ccccc2)n1. The molecule has 1 heterocycles. The lowest BCUT2D eigenvalue weighted by atomic mass is 10.2. The van der Waals surface area contributed by atoms with Crippen molar-refractivity contribution in [3.05, 3.63) is 41.6 Å². The maximum absolute atomic E-state index is 8.60. The van der Waals surface area contributed by atoms with E-state index in [0.717, 1.165) is 5.56 Å². The third-order valence-corrected chi connectivity index (χ3v) is 2.71. The third kappa shape index (κ3) is 4.45. The van der Waals surface area contributed by atoms with Gasteiger partial charge in [0, 0.05) is 18.2 Å². The highest BCUT2D eigenvalue weighted by Crippen LogP contribution is 2.19. The van der Waals surface area contributed by atoms with E-state index < -0.39 is 0 Å². The van der Waals surface area contributed by atoms with Crippen LogP contribution in [-0.2, 0) is 4.74 Å². The van der Waals surface area contributed by atoms with E-state index in [2.05, 4.69) is 15.3 Å². The lowest BCUT2D eigenvalue weighted by Crippen LogP contribution is -2.12. The van der Waals surface area contributed by atoms with E-state index in [4.69, 9.17) is 21.4 Å². The quantitative estimate of drug-likeness (QED) is 0.605. The zero-order chi connectivity index (χ0) is 14.2. The van der Waals surface area contributed by atoms with Gasteiger partial charge < -0.3 is 15.2 Å². The van der Waals surface area contributed by atoms with Gasteiger partial charge in [0.25, 0.3) is 0 Å². The number of anilines is 1. The molecule has 0 aliphatic heterocycles. The van der Waals surface area contributed by atoms with E-state index in [9.17, 15) is 0 Å². The topological polar surface area (TPSA) is 67.3 Å². The fourth-order valence-corrected chi connectivity index (χ4v) is 1.83. The molecule has 0 unspecified atom stereocenters. The molecular weight excluding hydrogens is 278 g/mol. The number of nitrogens with one attached hydrogen (secondary N) is 1. The van der Waals surface area contributed by atoms with E-state index >= 15 is 0 Å². The first-order chi connectivity index (χ1) is 9.79. The van der Waals surface area contributed by atoms with Gasteiger partial charge in [0.05, 0.1) is 19.8 Å². The Kier molecular flexibility index (Phi) is 5.73. The predicted molar refractivity (Wildman–Crippen MR) is 78.9 cm³/mol. The van der Waals surface area contributed by atoms with Crippen LogP contribution >= 0.6 is 11.6 Å². The van der Waals surface area contributed by atoms with Crippen molar-refractivity contribution in [2.45, 2.75) is 0 Å². The van der Waals surface area contributed by atoms with Gasteiger partial charge in [-0.3, -0.25) is 0 Å². The molecular formula is C14H16ClN3O2. The summed E-state index contributed by atoms with van der Waals surface area (Å²) in [6.45, 7) is 1.43. The Bertz CT molecular complexity index is 537. The molecule has 0 fully saturated rings. The fourth-order valence-electron chi connectivity index (χ4n) is 1.64. The van der Waals surface area contributed by atoms with Gasteiger partial charge in [-0.1, -0.05) is 41.9 Å². The molecule has 2 aromatic rings. The van der Waals surface area contributed by atoms with Crippen LogP contribution in [0.2, 0.25) is 5.15 Å². The molecule has 0 bridgehead atoms. The van der Waals surface area contributed by atoms with Crippen LogP contribution < -0.4 is 5.32 Å². The highest BCUT2D eigenvalue weighted by atomic mass is 35.5. The van der Waals surface area contributed by atoms with Crippen molar-refractivity contribution in [1.82, 2.24) is 9.97 Å². The van der Waals surface area contributed by atoms with Crippen molar-refractivity contribution in [3.63, 3.8) is 0 Å². The monoisotopic (exact) mass is 293 g/mol. The standard InChI is InChI=1S/C14H16ClN3O2/c15-12-10-13(16-6-8-20-9-7-19)18-14(17-12)11-4-2-1-3-5-11/h1-5,10,19H,6-9H2,(H,16,17,18). The Morgan fingerprint density at radius 1 is 1.15 bits per heavy atom. The lowest BCUT2D eigenvalue weighted by Gasteiger charge is -2.08. The number of hydrogen-bond donors (Lipinski definition) is 2. The van der Waals surface area contributed by atoms with Gasteiger partial charge in [-0.05, 0) is 0 Å². The summed E-state index contributed by atoms with van der Waals surface area (Å²) in [7, 11) is 0. The number of halogens is 1. The van der Waals surface area contributed by atoms with Crippen LogP contribution in [0.15, 0.2) is 36.4 Å². The van der Waals surface area contributed by atoms with Crippen molar-refractivity contribution < 1.29 is 9.84 Å². The van der Waals surface area contributed by atoms with Gasteiger partial charge >= 0.3 is 0 Å². The van der Waals surface area contributed by atoms with Crippen LogP contribution in [0.5, 0.6) is 0 Å². The highest BCUT2D eigenvalue weighted by Gasteiger charge is 2.05. The highest BCUT2D eigenvalue weighted by molar-refractivity contribution is 6.29. The molecule has 106 valence electrons. The average Bonchev–Trinajstić information content (AvgIpc) is 2.47. The van der Waals surface area contributed by atoms with Crippen LogP contribution in [0.3, 0.4) is 0 Å². The molecule has 0 spiro atoms. The molecule has 0 aliphatic carbocycles. The summed E-state index contributed by atoms with van der Waals surface area (Å²) in [5.74, 6) is 1.23. The van der Waals surface area contributed by atoms with Gasteiger partial charge in [0.15, 0.2) is 5.82 Å². The van der Waals surface area contributed by atoms with Crippen LogP contribution in [0.25, 0.3) is 11.4 Å². The smallest absolute Gasteiger partial charge is 0.163 e. The summed E-state index contributed by atoms with van der Waals surface area (Å²) in [5.41, 5.74) is 0.912. The Morgan fingerprint density at radius 3 is 2.70 bits per heavy atom. The average molecular weight is 294 g/mol. The molecule has 0 amide bonds. The minimum Gasteiger partial charge on any atom is -0.394 e. The number of benzene rings is 1. The zero-order valence-corrected chi connectivity index (χ0v) is 11.7. The molecule has 6 heteroatoms. The van der Waals surface area contributed by atoms with Crippen molar-refractivity contribution in [3.8, 4) is 11.4 Å². The number of aliphatic hydroxyl groups excluding tert-OH is 1. The number of rotatable bonds is 7. The maximum atomic E-state index is 8.60. The van der Waals surface area contributed by atoms with Gasteiger partial charge in [0.2, 0.25) is 0 Å². The Labute approximate surface area is 122 Å². The van der Waals surface area contributed by atoms with Gasteiger partial charge in [-0.2, -0.15) is 0 Å². The van der Waals surface area contributed by atoms with Crippen LogP contribution in [-0.4, -0.2) is 41.4 Å². The minimum absolute atomic E-state index is 0.0253. The van der Waals surface area contributed by atoms with Crippen LogP contribution in [0, 0.1) is 0 Å². The Morgan fingerprint density at radius 2 is 1.95 bits per heavy atom. The number of nitrogens with zero attached hydrogens (tertiary/aromatic N) is 2. The van der Waals surface area contributed by atoms with Crippen molar-refractivity contribution in [2.24, 2.45) is 0 Å². The predicted octanol–water partition coefficient (Wildman–Crippen LogP) is 2.22. The van der Waals surface area contributed by atoms with Crippen LogP contribution in [0.1, 0.15) is 0 Å². The second-order valence-electron chi connectivity index (χ2n) is 4.03. The third-order valence-electron chi connectivity index (χ3n) is 2.52. The fraction of sp³-hybridized carbons (Fsp3) is 0.286. The summed E-state index contributed by atoms with van der Waals surface area (Å²) in [4.78, 5) is 8.62. The molecule has 1 aromatic carbocycles. The summed E-state index contributed by atoms with van der Waals surface area (Å²) in [6.07, 6.45) is 0. The maximum Gasteiger partial charge on any atom is 0.163 e. The molecule has 1 aromatic heterocycles. The largest absolute Gasteiger partial charge is 0.394 e. The lowest BCUT2D eigenvalue weighted by molar-refractivity contribution is 0.0992. The second-order valence-corrected chi connectivity index (χ2v) is 4.42. The van der Waals surface area contributed by atoms with E-state index in [-0.39, 0.29) is 6.61 Å². The number of aromatic nitrogens is 2. The number of aliphatic hydroxyl groups is 1. The summed E-state index contributed by atoms with van der Waals surface area (Å²) >= 11 is 6.01. The summed E-state index contributed by atoms with van der Waals surface area (Å²) < 4.78 is 5.16. The Balaban J connectivity index is 2.02. The van der Waals surface area contributed by atoms with E-state index in [1.807, 2.05) is 30.3 Å². The first-order valence-corrected chi connectivity index (χ1v) is 6.70. The molecule has 2 rings (SSSR count). The molecule has 20 heavy (non-hydrogen) atoms. The first-order valence-electron chi connectivity index (χ1n) is 6.32. The van der Waals surface area contributed by atoms with Crippen LogP contribution in [0.4, 0.5) is 5.82 Å². The summed E-state index contributed by atoms with van der Waals surface area (Å²) in [6, 6.07) is 11.3. The van der Waals surface area contributed by atoms with Gasteiger partial charge in [-0.15, -0.1) is 0 Å². The van der Waals surface area contributed by atoms with Crippen molar-refractivity contribution >= 4 is 17.4 Å². The first kappa shape index (κ1) is 14.7. The summed E-state index contributed by atoms with van der Waals surface area (Å²) in [5, 5.41) is 12.1. The van der Waals surface area contributed by atoms with Gasteiger partial charge in [0.1, 0.15) is 11.0 Å². The minimum atomic E-state index is 0.0253. The molecule has 0 saturated heterocycles. The zero-order valence-electron chi connectivity index (χ0n) is 10.9. The van der Waals surface area contributed by atoms with E-state index in [0.29, 0.717) is 36.6 Å². The Hall–Kier alpha value is -1.69. The van der Waals surface area contributed by atoms with E-state index in [1.165, 1.54) is 0 Å². The number of hydrogen-bond acceptors (Lipinski definition) is 5. The molecule has 5 nitrogen and oxygen atoms in total. The van der Waals surface area contributed by atoms with Crippen molar-refractivity contribution in [2.75, 3.05) is 31.7 Å². The number of ether oxygens (including phenoxy) is 1. The van der Waals surface area contributed by atoms with Crippen molar-refractivity contribution in [1.29, 1.82) is 0 Å². The molecule has 0 radical (unpaired) electrons. The molecule has 0 saturated carbocycles.